The van der Waals surface area contributed by atoms with E-state index in [0.717, 1.165) is 58.4 Å². The maximum Gasteiger partial charge on any atom is 0.319 e. The topological polar surface area (TPSA) is 92.2 Å². The van der Waals surface area contributed by atoms with Gasteiger partial charge in [0.2, 0.25) is 0 Å². The number of phenols is 1. The third-order valence-corrected chi connectivity index (χ3v) is 11.2. The number of aromatic nitrogens is 2. The molecule has 4 aromatic rings. The Morgan fingerprint density at radius 3 is 2.63 bits per heavy atom. The second kappa shape index (κ2) is 11.5. The molecule has 5 aliphatic rings. The fourth-order valence-electron chi connectivity index (χ4n) is 8.47. The predicted molar refractivity (Wildman–Crippen MR) is 182 cm³/mol. The van der Waals surface area contributed by atoms with Crippen LogP contribution in [-0.2, 0) is 9.47 Å². The number of anilines is 1. The van der Waals surface area contributed by atoms with Crippen molar-refractivity contribution in [1.82, 2.24) is 20.2 Å². The minimum atomic E-state index is -0.594. The first-order valence-electron chi connectivity index (χ1n) is 17.2. The number of nitrogens with one attached hydrogen (secondary N) is 1. The third kappa shape index (κ3) is 5.37. The number of phenolic OH excluding ortho intramolecular Hbond substituents is 1. The van der Waals surface area contributed by atoms with Gasteiger partial charge in [0.15, 0.2) is 5.82 Å². The van der Waals surface area contributed by atoms with Crippen molar-refractivity contribution in [1.29, 1.82) is 0 Å². The predicted octanol–water partition coefficient (Wildman–Crippen LogP) is 4.92. The number of rotatable bonds is 7. The van der Waals surface area contributed by atoms with Crippen LogP contribution in [0.3, 0.4) is 0 Å². The second-order valence-electron chi connectivity index (χ2n) is 14.8. The van der Waals surface area contributed by atoms with Crippen molar-refractivity contribution in [3.63, 3.8) is 0 Å². The van der Waals surface area contributed by atoms with Gasteiger partial charge in [-0.05, 0) is 73.4 Å². The summed E-state index contributed by atoms with van der Waals surface area (Å²) in [6.07, 6.45) is 10.0. The summed E-state index contributed by atoms with van der Waals surface area (Å²) in [6.45, 7) is 8.29. The lowest BCUT2D eigenvalue weighted by molar-refractivity contribution is -0.238. The van der Waals surface area contributed by atoms with Gasteiger partial charge in [-0.2, -0.15) is 9.97 Å². The monoisotopic (exact) mass is 667 g/mol. The minimum absolute atomic E-state index is 0.0147. The number of fused-ring (bicyclic) bond motifs is 4. The van der Waals surface area contributed by atoms with E-state index in [9.17, 15) is 9.50 Å². The highest BCUT2D eigenvalue weighted by Crippen LogP contribution is 2.48. The molecular weight excluding hydrogens is 628 g/mol. The molecule has 2 atom stereocenters. The van der Waals surface area contributed by atoms with Crippen LogP contribution in [0.15, 0.2) is 30.3 Å². The molecular formula is C38H39F2N5O4. The molecule has 2 unspecified atom stereocenters. The number of halogens is 2. The maximum absolute atomic E-state index is 17.2. The fourth-order valence-corrected chi connectivity index (χ4v) is 8.47. The molecule has 9 nitrogen and oxygen atoms in total. The van der Waals surface area contributed by atoms with Crippen LogP contribution in [0.2, 0.25) is 0 Å². The third-order valence-electron chi connectivity index (χ3n) is 11.2. The number of hydrogen-bond acceptors (Lipinski definition) is 9. The molecule has 2 bridgehead atoms. The molecule has 4 aliphatic heterocycles. The molecule has 9 rings (SSSR count). The Morgan fingerprint density at radius 2 is 1.92 bits per heavy atom. The number of terminal acetylenes is 1. The Morgan fingerprint density at radius 1 is 1.12 bits per heavy atom. The van der Waals surface area contributed by atoms with Crippen LogP contribution >= 0.6 is 0 Å². The van der Waals surface area contributed by atoms with E-state index >= 15 is 4.39 Å². The zero-order valence-corrected chi connectivity index (χ0v) is 27.5. The fraction of sp³-hybridized carbons (Fsp3) is 0.474. The molecule has 0 radical (unpaired) electrons. The van der Waals surface area contributed by atoms with Crippen LogP contribution < -0.4 is 15.0 Å². The Kier molecular flexibility index (Phi) is 7.25. The average molecular weight is 668 g/mol. The number of ether oxygens (including phenoxy) is 3. The normalized spacial score (nSPS) is 23.9. The molecule has 5 fully saturated rings. The first-order valence-corrected chi connectivity index (χ1v) is 17.2. The van der Waals surface area contributed by atoms with Gasteiger partial charge in [-0.1, -0.05) is 12.0 Å². The van der Waals surface area contributed by atoms with Gasteiger partial charge in [0.05, 0.1) is 32.0 Å². The molecule has 1 aromatic heterocycles. The smallest absolute Gasteiger partial charge is 0.319 e. The first kappa shape index (κ1) is 30.9. The number of piperazine rings is 1. The van der Waals surface area contributed by atoms with E-state index in [4.69, 9.17) is 30.6 Å². The summed E-state index contributed by atoms with van der Waals surface area (Å²) >= 11 is 0. The summed E-state index contributed by atoms with van der Waals surface area (Å²) in [5, 5.41) is 15.8. The number of aryl methyl sites for hydroxylation is 1. The van der Waals surface area contributed by atoms with Crippen LogP contribution in [0.5, 0.6) is 11.8 Å². The van der Waals surface area contributed by atoms with E-state index in [1.54, 1.807) is 13.0 Å². The molecule has 1 spiro atoms. The van der Waals surface area contributed by atoms with Crippen LogP contribution in [0.1, 0.15) is 36.8 Å². The van der Waals surface area contributed by atoms with Gasteiger partial charge in [0, 0.05) is 66.6 Å². The molecule has 5 heterocycles. The van der Waals surface area contributed by atoms with Gasteiger partial charge in [0.1, 0.15) is 28.5 Å². The largest absolute Gasteiger partial charge is 0.508 e. The lowest BCUT2D eigenvalue weighted by Gasteiger charge is -2.48. The molecule has 3 aromatic carbocycles. The van der Waals surface area contributed by atoms with Crippen LogP contribution in [0.4, 0.5) is 14.6 Å². The average Bonchev–Trinajstić information content (AvgIpc) is 3.76. The molecule has 1 aliphatic carbocycles. The zero-order chi connectivity index (χ0) is 33.5. The molecule has 254 valence electrons. The molecule has 11 heteroatoms. The summed E-state index contributed by atoms with van der Waals surface area (Å²) in [5.74, 6) is 1.83. The zero-order valence-electron chi connectivity index (χ0n) is 27.5. The van der Waals surface area contributed by atoms with Gasteiger partial charge in [-0.15, -0.1) is 6.42 Å². The Bertz CT molecular complexity index is 2030. The Labute approximate surface area is 283 Å². The highest BCUT2D eigenvalue weighted by Gasteiger charge is 2.49. The van der Waals surface area contributed by atoms with Crippen LogP contribution in [-0.4, -0.2) is 96.8 Å². The van der Waals surface area contributed by atoms with E-state index < -0.39 is 11.6 Å². The van der Waals surface area contributed by atoms with E-state index in [2.05, 4.69) is 21.0 Å². The Balaban J connectivity index is 1.12. The van der Waals surface area contributed by atoms with Crippen molar-refractivity contribution in [3.05, 3.63) is 53.1 Å². The molecule has 0 amide bonds. The van der Waals surface area contributed by atoms with Crippen molar-refractivity contribution in [2.24, 2.45) is 5.41 Å². The van der Waals surface area contributed by atoms with E-state index in [0.29, 0.717) is 71.6 Å². The molecule has 4 saturated heterocycles. The number of nitrogens with zero attached hydrogens (tertiary/aromatic N) is 4. The van der Waals surface area contributed by atoms with E-state index in [-0.39, 0.29) is 39.4 Å². The van der Waals surface area contributed by atoms with Crippen molar-refractivity contribution < 1.29 is 28.1 Å². The van der Waals surface area contributed by atoms with Gasteiger partial charge in [-0.3, -0.25) is 4.90 Å². The van der Waals surface area contributed by atoms with Crippen molar-refractivity contribution in [2.75, 3.05) is 64.1 Å². The quantitative estimate of drug-likeness (QED) is 0.267. The summed E-state index contributed by atoms with van der Waals surface area (Å²) in [4.78, 5) is 14.4. The number of benzene rings is 3. The lowest BCUT2D eigenvalue weighted by Crippen LogP contribution is -2.63. The summed E-state index contributed by atoms with van der Waals surface area (Å²) in [5.41, 5.74) is 1.02. The second-order valence-corrected chi connectivity index (χ2v) is 14.8. The summed E-state index contributed by atoms with van der Waals surface area (Å²) < 4.78 is 50.1. The van der Waals surface area contributed by atoms with Crippen LogP contribution in [0.25, 0.3) is 32.8 Å². The summed E-state index contributed by atoms with van der Waals surface area (Å²) in [7, 11) is 0. The highest BCUT2D eigenvalue weighted by atomic mass is 19.1. The van der Waals surface area contributed by atoms with Gasteiger partial charge < -0.3 is 29.5 Å². The van der Waals surface area contributed by atoms with Gasteiger partial charge in [-0.25, -0.2) is 8.78 Å². The van der Waals surface area contributed by atoms with Gasteiger partial charge in [0.25, 0.3) is 0 Å². The summed E-state index contributed by atoms with van der Waals surface area (Å²) in [6, 6.07) is 8.44. The van der Waals surface area contributed by atoms with Crippen molar-refractivity contribution in [3.8, 4) is 35.2 Å². The number of morpholine rings is 1. The van der Waals surface area contributed by atoms with Crippen molar-refractivity contribution >= 4 is 27.5 Å². The minimum Gasteiger partial charge on any atom is -0.508 e. The van der Waals surface area contributed by atoms with Crippen molar-refractivity contribution in [2.45, 2.75) is 50.3 Å². The molecule has 49 heavy (non-hydrogen) atoms. The standard InChI is InChI=1S/C38H39F2N5O4/c1-3-27-30(39)7-4-23-13-26(46)14-28(32(23)27)31-22(2)12-29-34(33(31)40)42-36(43-35(29)45-15-24-5-6-25(16-45)41-24)48-19-37(8-9-37)17-44-10-11-49-38(18-44)20-47-21-38/h1,4,7,12-14,24-25,41,46H,5-6,8-11,15-21H2,2H3. The molecule has 2 N–H and O–H groups in total. The number of aromatic hydroxyl groups is 1. The lowest BCUT2D eigenvalue weighted by atomic mass is 9.90. The Hall–Kier alpha value is -4.08. The highest BCUT2D eigenvalue weighted by molar-refractivity contribution is 6.05. The molecule has 1 saturated carbocycles. The van der Waals surface area contributed by atoms with E-state index in [1.165, 1.54) is 18.2 Å². The van der Waals surface area contributed by atoms with E-state index in [1.807, 2.05) is 6.07 Å². The SMILES string of the molecule is C#Cc1c(F)ccc2cc(O)cc(-c3c(C)cc4c(N5CC6CCC(C5)N6)nc(OCC5(CN6CCOC7(COC7)C6)CC5)nc4c3F)c12. The van der Waals surface area contributed by atoms with Gasteiger partial charge >= 0.3 is 6.01 Å². The van der Waals surface area contributed by atoms with Crippen LogP contribution in [0, 0.1) is 36.3 Å². The first-order chi connectivity index (χ1) is 23.7. The number of hydrogen-bond donors (Lipinski definition) is 2. The maximum atomic E-state index is 17.2.